The largest absolute Gasteiger partial charge is 0.479 e. The molecule has 0 spiro atoms. The van der Waals surface area contributed by atoms with Crippen molar-refractivity contribution in [2.24, 2.45) is 0 Å². The first kappa shape index (κ1) is 21.4. The van der Waals surface area contributed by atoms with Crippen molar-refractivity contribution in [2.45, 2.75) is 103 Å². The lowest BCUT2D eigenvalue weighted by atomic mass is 9.87. The van der Waals surface area contributed by atoms with Gasteiger partial charge in [0, 0.05) is 6.61 Å². The molecule has 0 aliphatic carbocycles. The second-order valence-electron chi connectivity index (χ2n) is 6.22. The fourth-order valence-electron chi connectivity index (χ4n) is 2.71. The first-order chi connectivity index (χ1) is 10.5. The van der Waals surface area contributed by atoms with E-state index in [0.717, 1.165) is 57.8 Å². The number of unbranched alkanes of at least 4 members (excludes halogenated alkanes) is 6. The highest BCUT2D eigenvalue weighted by atomic mass is 16.5. The SMILES string of the molecule is CCCCCOC(CCCCC)(C(=O)O)C(O)CCCCC. The van der Waals surface area contributed by atoms with E-state index in [0.29, 0.717) is 19.4 Å². The fourth-order valence-corrected chi connectivity index (χ4v) is 2.71. The van der Waals surface area contributed by atoms with E-state index in [9.17, 15) is 15.0 Å². The summed E-state index contributed by atoms with van der Waals surface area (Å²) < 4.78 is 5.78. The van der Waals surface area contributed by atoms with E-state index in [1.165, 1.54) is 0 Å². The van der Waals surface area contributed by atoms with Gasteiger partial charge in [-0.25, -0.2) is 4.79 Å². The van der Waals surface area contributed by atoms with Crippen LogP contribution in [0.4, 0.5) is 0 Å². The third-order valence-corrected chi connectivity index (χ3v) is 4.24. The zero-order valence-electron chi connectivity index (χ0n) is 14.8. The van der Waals surface area contributed by atoms with E-state index in [-0.39, 0.29) is 0 Å². The summed E-state index contributed by atoms with van der Waals surface area (Å²) in [5.74, 6) is -1.01. The van der Waals surface area contributed by atoms with Crippen LogP contribution in [0.15, 0.2) is 0 Å². The fraction of sp³-hybridized carbons (Fsp3) is 0.944. The molecule has 0 radical (unpaired) electrons. The Bertz CT molecular complexity index is 280. The first-order valence-electron chi connectivity index (χ1n) is 9.10. The van der Waals surface area contributed by atoms with Gasteiger partial charge in [-0.3, -0.25) is 0 Å². The molecule has 2 unspecified atom stereocenters. The number of hydrogen-bond acceptors (Lipinski definition) is 3. The van der Waals surface area contributed by atoms with Crippen LogP contribution in [-0.2, 0) is 9.53 Å². The van der Waals surface area contributed by atoms with Gasteiger partial charge in [0.15, 0.2) is 5.60 Å². The molecule has 4 nitrogen and oxygen atoms in total. The van der Waals surface area contributed by atoms with Crippen molar-refractivity contribution >= 4 is 5.97 Å². The average molecular weight is 316 g/mol. The summed E-state index contributed by atoms with van der Waals surface area (Å²) in [6, 6.07) is 0. The first-order valence-corrected chi connectivity index (χ1v) is 9.10. The minimum absolute atomic E-state index is 0.398. The van der Waals surface area contributed by atoms with Crippen molar-refractivity contribution in [1.82, 2.24) is 0 Å². The maximum Gasteiger partial charge on any atom is 0.338 e. The number of aliphatic hydroxyl groups excluding tert-OH is 1. The van der Waals surface area contributed by atoms with E-state index in [1.54, 1.807) is 0 Å². The van der Waals surface area contributed by atoms with E-state index in [1.807, 2.05) is 0 Å². The van der Waals surface area contributed by atoms with Crippen LogP contribution in [0.1, 0.15) is 91.4 Å². The van der Waals surface area contributed by atoms with Gasteiger partial charge >= 0.3 is 5.97 Å². The molecule has 22 heavy (non-hydrogen) atoms. The van der Waals surface area contributed by atoms with Crippen LogP contribution in [0.5, 0.6) is 0 Å². The summed E-state index contributed by atoms with van der Waals surface area (Å²) in [5.41, 5.74) is -1.42. The lowest BCUT2D eigenvalue weighted by Gasteiger charge is -2.34. The molecule has 2 atom stereocenters. The molecule has 0 aromatic heterocycles. The zero-order chi connectivity index (χ0) is 16.8. The molecular formula is C18H36O4. The van der Waals surface area contributed by atoms with Gasteiger partial charge in [-0.1, -0.05) is 65.7 Å². The van der Waals surface area contributed by atoms with Crippen LogP contribution < -0.4 is 0 Å². The van der Waals surface area contributed by atoms with Crippen LogP contribution in [0.3, 0.4) is 0 Å². The van der Waals surface area contributed by atoms with Crippen molar-refractivity contribution < 1.29 is 19.7 Å². The Balaban J connectivity index is 4.81. The summed E-state index contributed by atoms with van der Waals surface area (Å²) in [4.78, 5) is 11.9. The van der Waals surface area contributed by atoms with Crippen molar-refractivity contribution in [2.75, 3.05) is 6.61 Å². The molecule has 0 aliphatic heterocycles. The number of aliphatic hydroxyl groups is 1. The van der Waals surface area contributed by atoms with E-state index in [4.69, 9.17) is 4.74 Å². The average Bonchev–Trinajstić information content (AvgIpc) is 2.49. The summed E-state index contributed by atoms with van der Waals surface area (Å²) in [6.45, 7) is 6.70. The number of ether oxygens (including phenoxy) is 1. The van der Waals surface area contributed by atoms with Crippen molar-refractivity contribution in [3.05, 3.63) is 0 Å². The molecule has 0 saturated heterocycles. The van der Waals surface area contributed by atoms with Crippen molar-refractivity contribution in [3.63, 3.8) is 0 Å². The Hall–Kier alpha value is -0.610. The number of carboxylic acid groups (broad SMARTS) is 1. The molecule has 132 valence electrons. The Labute approximate surface area is 136 Å². The lowest BCUT2D eigenvalue weighted by Crippen LogP contribution is -2.52. The van der Waals surface area contributed by atoms with Crippen LogP contribution in [0.25, 0.3) is 0 Å². The van der Waals surface area contributed by atoms with Gasteiger partial charge in [0.2, 0.25) is 0 Å². The van der Waals surface area contributed by atoms with Crippen LogP contribution >= 0.6 is 0 Å². The van der Waals surface area contributed by atoms with Crippen LogP contribution in [0, 0.1) is 0 Å². The predicted octanol–water partition coefficient (Wildman–Crippen LogP) is 4.54. The molecule has 0 saturated carbocycles. The highest BCUT2D eigenvalue weighted by molar-refractivity contribution is 5.78. The van der Waals surface area contributed by atoms with E-state index >= 15 is 0 Å². The van der Waals surface area contributed by atoms with E-state index in [2.05, 4.69) is 20.8 Å². The van der Waals surface area contributed by atoms with Gasteiger partial charge in [0.25, 0.3) is 0 Å². The molecule has 0 heterocycles. The molecule has 4 heteroatoms. The predicted molar refractivity (Wildman–Crippen MR) is 90.1 cm³/mol. The highest BCUT2D eigenvalue weighted by Gasteiger charge is 2.45. The van der Waals surface area contributed by atoms with Gasteiger partial charge in [-0.2, -0.15) is 0 Å². The monoisotopic (exact) mass is 316 g/mol. The topological polar surface area (TPSA) is 66.8 Å². The summed E-state index contributed by atoms with van der Waals surface area (Å²) in [6.07, 6.45) is 8.60. The Morgan fingerprint density at radius 2 is 1.50 bits per heavy atom. The molecule has 0 aromatic carbocycles. The van der Waals surface area contributed by atoms with Gasteiger partial charge in [-0.15, -0.1) is 0 Å². The molecular weight excluding hydrogens is 280 g/mol. The molecule has 0 fully saturated rings. The summed E-state index contributed by atoms with van der Waals surface area (Å²) in [5, 5.41) is 20.2. The molecule has 2 N–H and O–H groups in total. The lowest BCUT2D eigenvalue weighted by molar-refractivity contribution is -0.186. The number of carboxylic acids is 1. The quantitative estimate of drug-likeness (QED) is 0.435. The molecule has 0 aliphatic rings. The van der Waals surface area contributed by atoms with Gasteiger partial charge in [-0.05, 0) is 25.7 Å². The number of rotatable bonds is 15. The third-order valence-electron chi connectivity index (χ3n) is 4.24. The smallest absolute Gasteiger partial charge is 0.338 e. The second kappa shape index (κ2) is 12.9. The van der Waals surface area contributed by atoms with Gasteiger partial charge in [0.05, 0.1) is 6.10 Å². The normalized spacial score (nSPS) is 15.5. The maximum absolute atomic E-state index is 11.9. The molecule has 0 rings (SSSR count). The standard InChI is InChI=1S/C18H36O4/c1-4-7-10-13-16(19)18(17(20)21,14-11-8-5-2)22-15-12-9-6-3/h16,19H,4-15H2,1-3H3,(H,20,21). The Morgan fingerprint density at radius 1 is 0.955 bits per heavy atom. The van der Waals surface area contributed by atoms with Crippen molar-refractivity contribution in [3.8, 4) is 0 Å². The summed E-state index contributed by atoms with van der Waals surface area (Å²) in [7, 11) is 0. The Morgan fingerprint density at radius 3 is 2.05 bits per heavy atom. The summed E-state index contributed by atoms with van der Waals surface area (Å²) >= 11 is 0. The van der Waals surface area contributed by atoms with Crippen LogP contribution in [-0.4, -0.2) is 34.5 Å². The third kappa shape index (κ3) is 7.59. The molecule has 0 bridgehead atoms. The van der Waals surface area contributed by atoms with Gasteiger partial charge in [0.1, 0.15) is 0 Å². The Kier molecular flexibility index (Phi) is 12.5. The second-order valence-corrected chi connectivity index (χ2v) is 6.22. The number of hydrogen-bond donors (Lipinski definition) is 2. The maximum atomic E-state index is 11.9. The minimum Gasteiger partial charge on any atom is -0.479 e. The van der Waals surface area contributed by atoms with Gasteiger partial charge < -0.3 is 14.9 Å². The highest BCUT2D eigenvalue weighted by Crippen LogP contribution is 2.28. The van der Waals surface area contributed by atoms with E-state index < -0.39 is 17.7 Å². The minimum atomic E-state index is -1.42. The number of carbonyl (C=O) groups is 1. The molecule has 0 aromatic rings. The molecule has 0 amide bonds. The number of aliphatic carboxylic acids is 1. The van der Waals surface area contributed by atoms with Crippen molar-refractivity contribution in [1.29, 1.82) is 0 Å². The zero-order valence-corrected chi connectivity index (χ0v) is 14.8. The van der Waals surface area contributed by atoms with Crippen LogP contribution in [0.2, 0.25) is 0 Å².